The Kier molecular flexibility index (Phi) is 2.34. The quantitative estimate of drug-likeness (QED) is 0.738. The Morgan fingerprint density at radius 2 is 2.38 bits per heavy atom. The fourth-order valence-corrected chi connectivity index (χ4v) is 1.26. The Morgan fingerprint density at radius 1 is 1.54 bits per heavy atom. The molecular formula is C10H15N3. The van der Waals surface area contributed by atoms with Crippen molar-refractivity contribution in [2.75, 3.05) is 24.2 Å². The van der Waals surface area contributed by atoms with E-state index in [0.717, 1.165) is 24.0 Å². The van der Waals surface area contributed by atoms with Crippen LogP contribution in [0, 0.1) is 5.92 Å². The summed E-state index contributed by atoms with van der Waals surface area (Å²) in [5.41, 5.74) is 1.16. The highest BCUT2D eigenvalue weighted by atomic mass is 15.0. The second kappa shape index (κ2) is 3.64. The zero-order valence-corrected chi connectivity index (χ0v) is 7.88. The van der Waals surface area contributed by atoms with Crippen LogP contribution in [0.5, 0.6) is 0 Å². The van der Waals surface area contributed by atoms with Crippen LogP contribution in [-0.4, -0.2) is 18.6 Å². The van der Waals surface area contributed by atoms with Gasteiger partial charge in [0.25, 0.3) is 0 Å². The van der Waals surface area contributed by atoms with E-state index in [1.54, 1.807) is 0 Å². The molecule has 1 saturated carbocycles. The maximum atomic E-state index is 4.15. The van der Waals surface area contributed by atoms with E-state index in [-0.39, 0.29) is 0 Å². The molecule has 0 bridgehead atoms. The Bertz CT molecular complexity index is 281. The van der Waals surface area contributed by atoms with Crippen LogP contribution in [0.4, 0.5) is 11.5 Å². The molecule has 2 rings (SSSR count). The molecule has 1 fully saturated rings. The maximum absolute atomic E-state index is 4.15. The van der Waals surface area contributed by atoms with E-state index in [4.69, 9.17) is 0 Å². The number of pyridine rings is 1. The van der Waals surface area contributed by atoms with E-state index in [1.807, 2.05) is 25.4 Å². The number of hydrogen-bond donors (Lipinski definition) is 2. The van der Waals surface area contributed by atoms with Crippen molar-refractivity contribution in [3.8, 4) is 0 Å². The minimum absolute atomic E-state index is 0.909. The number of hydrogen-bond acceptors (Lipinski definition) is 3. The van der Waals surface area contributed by atoms with Crippen LogP contribution < -0.4 is 10.6 Å². The van der Waals surface area contributed by atoms with Crippen LogP contribution in [0.1, 0.15) is 12.8 Å². The Labute approximate surface area is 78.6 Å². The molecule has 0 unspecified atom stereocenters. The van der Waals surface area contributed by atoms with E-state index in [1.165, 1.54) is 12.8 Å². The third kappa shape index (κ3) is 2.34. The van der Waals surface area contributed by atoms with Crippen LogP contribution in [0.2, 0.25) is 0 Å². The van der Waals surface area contributed by atoms with Crippen molar-refractivity contribution in [1.29, 1.82) is 0 Å². The summed E-state index contributed by atoms with van der Waals surface area (Å²) < 4.78 is 0. The van der Waals surface area contributed by atoms with Crippen LogP contribution >= 0.6 is 0 Å². The second-order valence-corrected chi connectivity index (χ2v) is 3.50. The molecular weight excluding hydrogens is 162 g/mol. The summed E-state index contributed by atoms with van der Waals surface area (Å²) in [4.78, 5) is 4.15. The van der Waals surface area contributed by atoms with Gasteiger partial charge in [0.15, 0.2) is 0 Å². The summed E-state index contributed by atoms with van der Waals surface area (Å²) in [6, 6.07) is 4.03. The van der Waals surface area contributed by atoms with Gasteiger partial charge < -0.3 is 10.6 Å². The number of aromatic nitrogens is 1. The molecule has 70 valence electrons. The molecule has 13 heavy (non-hydrogen) atoms. The first kappa shape index (κ1) is 8.35. The lowest BCUT2D eigenvalue weighted by molar-refractivity contribution is 0.889. The lowest BCUT2D eigenvalue weighted by Crippen LogP contribution is -2.03. The summed E-state index contributed by atoms with van der Waals surface area (Å²) in [5, 5.41) is 6.42. The minimum Gasteiger partial charge on any atom is -0.385 e. The third-order valence-corrected chi connectivity index (χ3v) is 2.31. The number of nitrogens with one attached hydrogen (secondary N) is 2. The van der Waals surface area contributed by atoms with Crippen molar-refractivity contribution in [1.82, 2.24) is 4.98 Å². The Morgan fingerprint density at radius 3 is 3.08 bits per heavy atom. The first-order chi connectivity index (χ1) is 6.38. The van der Waals surface area contributed by atoms with E-state index < -0.39 is 0 Å². The summed E-state index contributed by atoms with van der Waals surface area (Å²) in [7, 11) is 1.88. The van der Waals surface area contributed by atoms with Gasteiger partial charge in [0.05, 0.1) is 0 Å². The number of rotatable bonds is 4. The molecule has 0 aliphatic heterocycles. The average molecular weight is 177 g/mol. The highest BCUT2D eigenvalue weighted by Gasteiger charge is 2.20. The predicted octanol–water partition coefficient (Wildman–Crippen LogP) is 1.95. The van der Waals surface area contributed by atoms with Crippen LogP contribution in [0.3, 0.4) is 0 Å². The molecule has 1 aliphatic rings. The maximum Gasteiger partial charge on any atom is 0.127 e. The normalized spacial score (nSPS) is 15.5. The fourth-order valence-electron chi connectivity index (χ4n) is 1.26. The van der Waals surface area contributed by atoms with Gasteiger partial charge in [0, 0.05) is 31.5 Å². The van der Waals surface area contributed by atoms with Gasteiger partial charge in [-0.1, -0.05) is 0 Å². The molecule has 0 atom stereocenters. The Balaban J connectivity index is 1.93. The first-order valence-corrected chi connectivity index (χ1v) is 4.76. The molecule has 0 amide bonds. The van der Waals surface area contributed by atoms with E-state index >= 15 is 0 Å². The van der Waals surface area contributed by atoms with Gasteiger partial charge in [0.2, 0.25) is 0 Å². The zero-order chi connectivity index (χ0) is 9.10. The largest absolute Gasteiger partial charge is 0.385 e. The molecule has 1 heterocycles. The lowest BCUT2D eigenvalue weighted by atomic mass is 10.3. The first-order valence-electron chi connectivity index (χ1n) is 4.76. The summed E-state index contributed by atoms with van der Waals surface area (Å²) in [6.07, 6.45) is 4.59. The number of anilines is 2. The minimum atomic E-state index is 0.909. The fraction of sp³-hybridized carbons (Fsp3) is 0.500. The molecule has 1 aromatic heterocycles. The van der Waals surface area contributed by atoms with Gasteiger partial charge in [-0.15, -0.1) is 0 Å². The third-order valence-electron chi connectivity index (χ3n) is 2.31. The molecule has 0 radical (unpaired) electrons. The summed E-state index contributed by atoms with van der Waals surface area (Å²) >= 11 is 0. The van der Waals surface area contributed by atoms with Crippen LogP contribution in [-0.2, 0) is 0 Å². The standard InChI is InChI=1S/C10H15N3/c1-11-10-6-9(4-5-12-10)13-7-8-2-3-8/h4-6,8H,2-3,7H2,1H3,(H2,11,12,13). The van der Waals surface area contributed by atoms with Gasteiger partial charge in [-0.05, 0) is 24.8 Å². The molecule has 1 aromatic rings. The van der Waals surface area contributed by atoms with Crippen molar-refractivity contribution in [3.05, 3.63) is 18.3 Å². The second-order valence-electron chi connectivity index (χ2n) is 3.50. The van der Waals surface area contributed by atoms with Crippen molar-refractivity contribution < 1.29 is 0 Å². The molecule has 0 spiro atoms. The van der Waals surface area contributed by atoms with Crippen LogP contribution in [0.25, 0.3) is 0 Å². The zero-order valence-electron chi connectivity index (χ0n) is 7.88. The van der Waals surface area contributed by atoms with Crippen molar-refractivity contribution >= 4 is 11.5 Å². The van der Waals surface area contributed by atoms with E-state index in [2.05, 4.69) is 15.6 Å². The van der Waals surface area contributed by atoms with Crippen molar-refractivity contribution in [2.24, 2.45) is 5.92 Å². The van der Waals surface area contributed by atoms with Gasteiger partial charge in [-0.25, -0.2) is 4.98 Å². The molecule has 2 N–H and O–H groups in total. The molecule has 0 aromatic carbocycles. The van der Waals surface area contributed by atoms with E-state index in [0.29, 0.717) is 0 Å². The monoisotopic (exact) mass is 177 g/mol. The van der Waals surface area contributed by atoms with E-state index in [9.17, 15) is 0 Å². The highest BCUT2D eigenvalue weighted by Crippen LogP contribution is 2.28. The molecule has 3 heteroatoms. The smallest absolute Gasteiger partial charge is 0.127 e. The topological polar surface area (TPSA) is 37.0 Å². The van der Waals surface area contributed by atoms with Gasteiger partial charge in [-0.2, -0.15) is 0 Å². The summed E-state index contributed by atoms with van der Waals surface area (Å²) in [6.45, 7) is 1.10. The highest BCUT2D eigenvalue weighted by molar-refractivity contribution is 5.51. The molecule has 0 saturated heterocycles. The van der Waals surface area contributed by atoms with Crippen molar-refractivity contribution in [2.45, 2.75) is 12.8 Å². The average Bonchev–Trinajstić information content (AvgIpc) is 2.99. The van der Waals surface area contributed by atoms with Gasteiger partial charge in [-0.3, -0.25) is 0 Å². The SMILES string of the molecule is CNc1cc(NCC2CC2)ccn1. The lowest BCUT2D eigenvalue weighted by Gasteiger charge is -2.06. The molecule has 3 nitrogen and oxygen atoms in total. The van der Waals surface area contributed by atoms with Gasteiger partial charge >= 0.3 is 0 Å². The predicted molar refractivity (Wildman–Crippen MR) is 55.0 cm³/mol. The van der Waals surface area contributed by atoms with Gasteiger partial charge in [0.1, 0.15) is 5.82 Å². The van der Waals surface area contributed by atoms with Crippen molar-refractivity contribution in [3.63, 3.8) is 0 Å². The van der Waals surface area contributed by atoms with Crippen LogP contribution in [0.15, 0.2) is 18.3 Å². The summed E-state index contributed by atoms with van der Waals surface area (Å²) in [5.74, 6) is 1.83. The number of nitrogens with zero attached hydrogens (tertiary/aromatic N) is 1. The molecule has 1 aliphatic carbocycles. The Hall–Kier alpha value is -1.25.